The monoisotopic (exact) mass is 382 g/mol. The van der Waals surface area contributed by atoms with Crippen LogP contribution in [0.3, 0.4) is 0 Å². The van der Waals surface area contributed by atoms with Gasteiger partial charge in [0.05, 0.1) is 3.79 Å². The zero-order chi connectivity index (χ0) is 15.0. The van der Waals surface area contributed by atoms with Crippen molar-refractivity contribution >= 4 is 37.3 Å². The molecule has 1 aromatic heterocycles. The first-order valence-electron chi connectivity index (χ1n) is 6.99. The highest BCUT2D eigenvalue weighted by molar-refractivity contribution is 9.11. The van der Waals surface area contributed by atoms with Crippen LogP contribution < -0.4 is 10.0 Å². The lowest BCUT2D eigenvalue weighted by Crippen LogP contribution is -2.24. The molecule has 1 aromatic rings. The molecule has 2 N–H and O–H groups in total. The summed E-state index contributed by atoms with van der Waals surface area (Å²) >= 11 is 4.83. The largest absolute Gasteiger partial charge is 0.312 e. The zero-order valence-corrected chi connectivity index (χ0v) is 15.3. The number of rotatable bonds is 10. The van der Waals surface area contributed by atoms with E-state index in [-0.39, 0.29) is 0 Å². The molecule has 0 spiro atoms. The summed E-state index contributed by atoms with van der Waals surface area (Å²) in [5, 5.41) is 3.28. The summed E-state index contributed by atoms with van der Waals surface area (Å²) in [5.41, 5.74) is 0. The Balaban J connectivity index is 2.64. The first-order chi connectivity index (χ1) is 9.51. The van der Waals surface area contributed by atoms with Crippen molar-refractivity contribution < 1.29 is 8.42 Å². The van der Waals surface area contributed by atoms with Gasteiger partial charge in [0.1, 0.15) is 4.90 Å². The maximum absolute atomic E-state index is 12.2. The quantitative estimate of drug-likeness (QED) is 0.608. The van der Waals surface area contributed by atoms with Crippen molar-refractivity contribution in [3.63, 3.8) is 0 Å². The molecule has 0 bridgehead atoms. The molecule has 0 amide bonds. The summed E-state index contributed by atoms with van der Waals surface area (Å²) in [6.07, 6.45) is 4.07. The minimum Gasteiger partial charge on any atom is -0.312 e. The van der Waals surface area contributed by atoms with Gasteiger partial charge >= 0.3 is 0 Å². The van der Waals surface area contributed by atoms with E-state index in [9.17, 15) is 8.42 Å². The van der Waals surface area contributed by atoms with Gasteiger partial charge < -0.3 is 5.32 Å². The third-order valence-corrected chi connectivity index (χ3v) is 6.51. The van der Waals surface area contributed by atoms with Crippen molar-refractivity contribution in [3.8, 4) is 0 Å². The molecular weight excluding hydrogens is 360 g/mol. The second-order valence-corrected chi connectivity index (χ2v) is 8.82. The number of nitrogens with one attached hydrogen (secondary N) is 2. The van der Waals surface area contributed by atoms with Crippen molar-refractivity contribution in [3.05, 3.63) is 14.7 Å². The molecule has 0 radical (unpaired) electrons. The van der Waals surface area contributed by atoms with Gasteiger partial charge in [-0.1, -0.05) is 26.7 Å². The van der Waals surface area contributed by atoms with E-state index in [1.807, 2.05) is 0 Å². The number of thiophene rings is 1. The smallest absolute Gasteiger partial charge is 0.242 e. The SMILES string of the molecule is CCCCCNS(=O)(=O)c1cc(CNCCC)sc1Br. The summed E-state index contributed by atoms with van der Waals surface area (Å²) in [4.78, 5) is 1.38. The van der Waals surface area contributed by atoms with Crippen molar-refractivity contribution in [1.29, 1.82) is 0 Å². The van der Waals surface area contributed by atoms with Crippen LogP contribution in [-0.2, 0) is 16.6 Å². The van der Waals surface area contributed by atoms with Gasteiger partial charge in [-0.3, -0.25) is 0 Å². The minimum atomic E-state index is -3.40. The third-order valence-electron chi connectivity index (χ3n) is 2.79. The van der Waals surface area contributed by atoms with Crippen molar-refractivity contribution in [2.75, 3.05) is 13.1 Å². The lowest BCUT2D eigenvalue weighted by atomic mass is 10.3. The first kappa shape index (κ1) is 18.1. The van der Waals surface area contributed by atoms with Gasteiger partial charge in [-0.2, -0.15) is 0 Å². The molecule has 0 atom stereocenters. The van der Waals surface area contributed by atoms with Crippen LogP contribution in [0.5, 0.6) is 0 Å². The lowest BCUT2D eigenvalue weighted by molar-refractivity contribution is 0.576. The molecule has 0 aliphatic carbocycles. The van der Waals surface area contributed by atoms with Gasteiger partial charge in [0.15, 0.2) is 0 Å². The van der Waals surface area contributed by atoms with Gasteiger partial charge in [-0.15, -0.1) is 11.3 Å². The molecule has 1 heterocycles. The molecular formula is C13H23BrN2O2S2. The predicted molar refractivity (Wildman–Crippen MR) is 88.7 cm³/mol. The lowest BCUT2D eigenvalue weighted by Gasteiger charge is -2.05. The summed E-state index contributed by atoms with van der Waals surface area (Å²) in [6, 6.07) is 1.75. The van der Waals surface area contributed by atoms with E-state index in [0.717, 1.165) is 37.1 Å². The molecule has 7 heteroatoms. The van der Waals surface area contributed by atoms with E-state index in [2.05, 4.69) is 39.8 Å². The fourth-order valence-corrected chi connectivity index (χ4v) is 5.44. The Morgan fingerprint density at radius 3 is 2.60 bits per heavy atom. The highest BCUT2D eigenvalue weighted by Crippen LogP contribution is 2.31. The van der Waals surface area contributed by atoms with Crippen LogP contribution in [0.15, 0.2) is 14.7 Å². The normalized spacial score (nSPS) is 11.9. The molecule has 4 nitrogen and oxygen atoms in total. The van der Waals surface area contributed by atoms with Crippen LogP contribution in [0.2, 0.25) is 0 Å². The number of hydrogen-bond donors (Lipinski definition) is 2. The number of halogens is 1. The van der Waals surface area contributed by atoms with Crippen LogP contribution >= 0.6 is 27.3 Å². The molecule has 116 valence electrons. The van der Waals surface area contributed by atoms with E-state index < -0.39 is 10.0 Å². The molecule has 20 heavy (non-hydrogen) atoms. The van der Waals surface area contributed by atoms with E-state index in [1.54, 1.807) is 6.07 Å². The van der Waals surface area contributed by atoms with Crippen molar-refractivity contribution in [2.24, 2.45) is 0 Å². The highest BCUT2D eigenvalue weighted by Gasteiger charge is 2.20. The Labute approximate surface area is 134 Å². The van der Waals surface area contributed by atoms with E-state index >= 15 is 0 Å². The Morgan fingerprint density at radius 1 is 1.20 bits per heavy atom. The topological polar surface area (TPSA) is 58.2 Å². The maximum atomic E-state index is 12.2. The molecule has 0 unspecified atom stereocenters. The standard InChI is InChI=1S/C13H23BrN2O2S2/c1-3-5-6-8-16-20(17,18)12-9-11(19-13(12)14)10-15-7-4-2/h9,15-16H,3-8,10H2,1-2H3. The van der Waals surface area contributed by atoms with Crippen LogP contribution in [0.4, 0.5) is 0 Å². The van der Waals surface area contributed by atoms with Crippen LogP contribution in [0.25, 0.3) is 0 Å². The molecule has 1 rings (SSSR count). The van der Waals surface area contributed by atoms with Gasteiger partial charge in [0.2, 0.25) is 10.0 Å². The van der Waals surface area contributed by atoms with E-state index in [1.165, 1.54) is 11.3 Å². The predicted octanol–water partition coefficient (Wildman–Crippen LogP) is 3.48. The Kier molecular flexibility index (Phi) is 8.28. The van der Waals surface area contributed by atoms with Crippen molar-refractivity contribution in [1.82, 2.24) is 10.0 Å². The summed E-state index contributed by atoms with van der Waals surface area (Å²) in [7, 11) is -3.40. The first-order valence-corrected chi connectivity index (χ1v) is 10.1. The number of unbranched alkanes of at least 4 members (excludes halogenated alkanes) is 2. The van der Waals surface area contributed by atoms with Gasteiger partial charge in [-0.25, -0.2) is 13.1 Å². The molecule has 0 aromatic carbocycles. The van der Waals surface area contributed by atoms with Gasteiger partial charge in [0.25, 0.3) is 0 Å². The van der Waals surface area contributed by atoms with Crippen LogP contribution in [-0.4, -0.2) is 21.5 Å². The van der Waals surface area contributed by atoms with Crippen LogP contribution in [0, 0.1) is 0 Å². The number of sulfonamides is 1. The summed E-state index contributed by atoms with van der Waals surface area (Å²) in [6.45, 7) is 6.35. The summed E-state index contributed by atoms with van der Waals surface area (Å²) in [5.74, 6) is 0. The second-order valence-electron chi connectivity index (χ2n) is 4.63. The minimum absolute atomic E-state index is 0.354. The maximum Gasteiger partial charge on any atom is 0.242 e. The Morgan fingerprint density at radius 2 is 1.95 bits per heavy atom. The number of hydrogen-bond acceptors (Lipinski definition) is 4. The molecule has 0 aliphatic rings. The average Bonchev–Trinajstić information content (AvgIpc) is 2.77. The van der Waals surface area contributed by atoms with E-state index in [4.69, 9.17) is 0 Å². The second kappa shape index (κ2) is 9.15. The van der Waals surface area contributed by atoms with Crippen LogP contribution in [0.1, 0.15) is 44.4 Å². The molecule has 0 aliphatic heterocycles. The van der Waals surface area contributed by atoms with E-state index in [0.29, 0.717) is 21.8 Å². The zero-order valence-electron chi connectivity index (χ0n) is 12.0. The molecule has 0 saturated carbocycles. The summed E-state index contributed by atoms with van der Waals surface area (Å²) < 4.78 is 27.7. The van der Waals surface area contributed by atoms with Gasteiger partial charge in [0, 0.05) is 18.0 Å². The Hall–Kier alpha value is 0.0500. The van der Waals surface area contributed by atoms with Gasteiger partial charge in [-0.05, 0) is 41.4 Å². The third kappa shape index (κ3) is 5.81. The molecule has 0 fully saturated rings. The van der Waals surface area contributed by atoms with Crippen molar-refractivity contribution in [2.45, 2.75) is 51.0 Å². The fraction of sp³-hybridized carbons (Fsp3) is 0.692. The fourth-order valence-electron chi connectivity index (χ4n) is 1.72. The highest BCUT2D eigenvalue weighted by atomic mass is 79.9. The average molecular weight is 383 g/mol. The molecule has 0 saturated heterocycles. The Bertz CT molecular complexity index is 500.